The van der Waals surface area contributed by atoms with Gasteiger partial charge in [0.25, 0.3) is 5.91 Å². The number of hydrogen-bond donors (Lipinski definition) is 2. The van der Waals surface area contributed by atoms with Crippen molar-refractivity contribution in [1.82, 2.24) is 4.98 Å². The largest absolute Gasteiger partial charge is 0.340 e. The number of nitrogens with one attached hydrogen (secondary N) is 2. The Labute approximate surface area is 151 Å². The summed E-state index contributed by atoms with van der Waals surface area (Å²) in [6.45, 7) is 4.11. The predicted octanol–water partition coefficient (Wildman–Crippen LogP) is 5.35. The van der Waals surface area contributed by atoms with Gasteiger partial charge in [0.2, 0.25) is 0 Å². The van der Waals surface area contributed by atoms with Gasteiger partial charge in [0, 0.05) is 16.3 Å². The molecule has 1 aromatic heterocycles. The number of amides is 1. The number of benzene rings is 2. The molecule has 5 heteroatoms. The zero-order valence-electron chi connectivity index (χ0n) is 14.0. The van der Waals surface area contributed by atoms with E-state index in [1.807, 2.05) is 12.1 Å². The Morgan fingerprint density at radius 3 is 2.56 bits per heavy atom. The number of halogens is 1. The average molecular weight is 352 g/mol. The first-order chi connectivity index (χ1) is 12.0. The summed E-state index contributed by atoms with van der Waals surface area (Å²) in [5, 5.41) is 6.61. The molecule has 1 heterocycles. The van der Waals surface area contributed by atoms with Crippen LogP contribution in [0.2, 0.25) is 5.02 Å². The Morgan fingerprint density at radius 1 is 1.04 bits per heavy atom. The molecule has 0 spiro atoms. The fourth-order valence-electron chi connectivity index (χ4n) is 2.47. The second kappa shape index (κ2) is 7.36. The lowest BCUT2D eigenvalue weighted by atomic mass is 10.1. The maximum Gasteiger partial charge on any atom is 0.255 e. The molecule has 0 aliphatic heterocycles. The maximum atomic E-state index is 12.2. The highest BCUT2D eigenvalue weighted by Crippen LogP contribution is 2.21. The van der Waals surface area contributed by atoms with E-state index in [4.69, 9.17) is 11.6 Å². The van der Waals surface area contributed by atoms with E-state index < -0.39 is 0 Å². The standard InChI is InChI=1S/C20H18ClN3O/c1-13-6-8-18(14(2)10-13)24-19-9-7-17(12-22-19)23-20(25)15-4-3-5-16(21)11-15/h3-12H,1-2H3,(H,22,24)(H,23,25). The van der Waals surface area contributed by atoms with E-state index >= 15 is 0 Å². The number of aromatic nitrogens is 1. The Hall–Kier alpha value is -2.85. The van der Waals surface area contributed by atoms with E-state index in [1.165, 1.54) is 5.56 Å². The normalized spacial score (nSPS) is 10.4. The molecular formula is C20H18ClN3O. The van der Waals surface area contributed by atoms with Gasteiger partial charge in [-0.1, -0.05) is 35.4 Å². The number of carbonyl (C=O) groups is 1. The third-order valence-corrected chi connectivity index (χ3v) is 3.99. The Kier molecular flexibility index (Phi) is 5.00. The molecule has 126 valence electrons. The van der Waals surface area contributed by atoms with Crippen LogP contribution >= 0.6 is 11.6 Å². The maximum absolute atomic E-state index is 12.2. The molecule has 0 aliphatic rings. The van der Waals surface area contributed by atoms with Crippen LogP contribution in [0, 0.1) is 13.8 Å². The number of anilines is 3. The molecule has 2 N–H and O–H groups in total. The summed E-state index contributed by atoms with van der Waals surface area (Å²) in [5.41, 5.74) is 4.50. The number of carbonyl (C=O) groups excluding carboxylic acids is 1. The van der Waals surface area contributed by atoms with Crippen molar-refractivity contribution in [1.29, 1.82) is 0 Å². The zero-order valence-corrected chi connectivity index (χ0v) is 14.8. The third-order valence-electron chi connectivity index (χ3n) is 3.75. The van der Waals surface area contributed by atoms with Crippen molar-refractivity contribution in [3.63, 3.8) is 0 Å². The molecule has 4 nitrogen and oxygen atoms in total. The number of hydrogen-bond acceptors (Lipinski definition) is 3. The number of nitrogens with zero attached hydrogens (tertiary/aromatic N) is 1. The van der Waals surface area contributed by atoms with Gasteiger partial charge < -0.3 is 10.6 Å². The summed E-state index contributed by atoms with van der Waals surface area (Å²) in [5.74, 6) is 0.493. The Morgan fingerprint density at radius 2 is 1.88 bits per heavy atom. The van der Waals surface area contributed by atoms with E-state index in [-0.39, 0.29) is 5.91 Å². The van der Waals surface area contributed by atoms with Gasteiger partial charge in [0.1, 0.15) is 5.82 Å². The lowest BCUT2D eigenvalue weighted by molar-refractivity contribution is 0.102. The van der Waals surface area contributed by atoms with Gasteiger partial charge >= 0.3 is 0 Å². The quantitative estimate of drug-likeness (QED) is 0.666. The first kappa shape index (κ1) is 17.0. The van der Waals surface area contributed by atoms with E-state index in [9.17, 15) is 4.79 Å². The van der Waals surface area contributed by atoms with Crippen LogP contribution in [-0.4, -0.2) is 10.9 Å². The van der Waals surface area contributed by atoms with E-state index in [2.05, 4.69) is 41.6 Å². The summed E-state index contributed by atoms with van der Waals surface area (Å²) < 4.78 is 0. The first-order valence-electron chi connectivity index (χ1n) is 7.88. The molecule has 3 rings (SSSR count). The number of aryl methyl sites for hydroxylation is 2. The van der Waals surface area contributed by atoms with Crippen molar-refractivity contribution < 1.29 is 4.79 Å². The molecule has 2 aromatic carbocycles. The molecule has 1 amide bonds. The van der Waals surface area contributed by atoms with Gasteiger partial charge in [0.15, 0.2) is 0 Å². The van der Waals surface area contributed by atoms with Gasteiger partial charge in [-0.3, -0.25) is 4.79 Å². The van der Waals surface area contributed by atoms with E-state index in [1.54, 1.807) is 36.5 Å². The zero-order chi connectivity index (χ0) is 17.8. The van der Waals surface area contributed by atoms with Crippen molar-refractivity contribution >= 4 is 34.7 Å². The molecule has 0 unspecified atom stereocenters. The van der Waals surface area contributed by atoms with Gasteiger partial charge in [-0.25, -0.2) is 4.98 Å². The predicted molar refractivity (Wildman–Crippen MR) is 103 cm³/mol. The van der Waals surface area contributed by atoms with Crippen molar-refractivity contribution in [3.05, 3.63) is 82.5 Å². The second-order valence-electron chi connectivity index (χ2n) is 5.84. The Balaban J connectivity index is 1.69. The molecule has 0 saturated heterocycles. The lowest BCUT2D eigenvalue weighted by Crippen LogP contribution is -2.12. The molecule has 0 fully saturated rings. The first-order valence-corrected chi connectivity index (χ1v) is 8.26. The van der Waals surface area contributed by atoms with E-state index in [0.717, 1.165) is 11.3 Å². The monoisotopic (exact) mass is 351 g/mol. The van der Waals surface area contributed by atoms with Gasteiger partial charge in [-0.2, -0.15) is 0 Å². The van der Waals surface area contributed by atoms with Crippen LogP contribution in [0.5, 0.6) is 0 Å². The van der Waals surface area contributed by atoms with Crippen LogP contribution in [-0.2, 0) is 0 Å². The Bertz CT molecular complexity index is 907. The average Bonchev–Trinajstić information content (AvgIpc) is 2.59. The summed E-state index contributed by atoms with van der Waals surface area (Å²) in [6.07, 6.45) is 1.62. The lowest BCUT2D eigenvalue weighted by Gasteiger charge is -2.10. The van der Waals surface area contributed by atoms with Crippen molar-refractivity contribution in [2.45, 2.75) is 13.8 Å². The molecular weight excluding hydrogens is 334 g/mol. The van der Waals surface area contributed by atoms with Crippen LogP contribution < -0.4 is 10.6 Å². The molecule has 3 aromatic rings. The highest BCUT2D eigenvalue weighted by atomic mass is 35.5. The summed E-state index contributed by atoms with van der Waals surface area (Å²) in [7, 11) is 0. The molecule has 0 radical (unpaired) electrons. The highest BCUT2D eigenvalue weighted by Gasteiger charge is 2.07. The third kappa shape index (κ3) is 4.37. The summed E-state index contributed by atoms with van der Waals surface area (Å²) in [6, 6.07) is 16.6. The topological polar surface area (TPSA) is 54.0 Å². The fourth-order valence-corrected chi connectivity index (χ4v) is 2.66. The smallest absolute Gasteiger partial charge is 0.255 e. The highest BCUT2D eigenvalue weighted by molar-refractivity contribution is 6.31. The van der Waals surface area contributed by atoms with E-state index in [0.29, 0.717) is 22.1 Å². The minimum atomic E-state index is -0.223. The summed E-state index contributed by atoms with van der Waals surface area (Å²) in [4.78, 5) is 16.6. The van der Waals surface area contributed by atoms with Crippen LogP contribution in [0.25, 0.3) is 0 Å². The minimum absolute atomic E-state index is 0.223. The fraction of sp³-hybridized carbons (Fsp3) is 0.100. The summed E-state index contributed by atoms with van der Waals surface area (Å²) >= 11 is 5.91. The number of rotatable bonds is 4. The second-order valence-corrected chi connectivity index (χ2v) is 6.28. The van der Waals surface area contributed by atoms with Gasteiger partial charge in [-0.15, -0.1) is 0 Å². The SMILES string of the molecule is Cc1ccc(Nc2ccc(NC(=O)c3cccc(Cl)c3)cn2)c(C)c1. The van der Waals surface area contributed by atoms with Crippen LogP contribution in [0.3, 0.4) is 0 Å². The van der Waals surface area contributed by atoms with Gasteiger partial charge in [0.05, 0.1) is 11.9 Å². The van der Waals surface area contributed by atoms with Crippen molar-refractivity contribution in [2.24, 2.45) is 0 Å². The molecule has 0 bridgehead atoms. The van der Waals surface area contributed by atoms with Crippen LogP contribution in [0.1, 0.15) is 21.5 Å². The van der Waals surface area contributed by atoms with Crippen LogP contribution in [0.4, 0.5) is 17.2 Å². The molecule has 25 heavy (non-hydrogen) atoms. The number of pyridine rings is 1. The van der Waals surface area contributed by atoms with Crippen LogP contribution in [0.15, 0.2) is 60.8 Å². The van der Waals surface area contributed by atoms with Gasteiger partial charge in [-0.05, 0) is 55.8 Å². The minimum Gasteiger partial charge on any atom is -0.340 e. The molecule has 0 aliphatic carbocycles. The van der Waals surface area contributed by atoms with Crippen molar-refractivity contribution in [3.8, 4) is 0 Å². The molecule has 0 atom stereocenters. The van der Waals surface area contributed by atoms with Crippen molar-refractivity contribution in [2.75, 3.05) is 10.6 Å². The molecule has 0 saturated carbocycles.